The number of hydrogen-bond donors (Lipinski definition) is 2. The van der Waals surface area contributed by atoms with Gasteiger partial charge in [-0.2, -0.15) is 0 Å². The van der Waals surface area contributed by atoms with E-state index in [4.69, 9.17) is 4.52 Å². The number of nitrogens with zero attached hydrogens (tertiary/aromatic N) is 1. The van der Waals surface area contributed by atoms with Gasteiger partial charge in [0.15, 0.2) is 0 Å². The molecule has 5 nitrogen and oxygen atoms in total. The summed E-state index contributed by atoms with van der Waals surface area (Å²) >= 11 is 0. The van der Waals surface area contributed by atoms with Crippen molar-refractivity contribution in [1.29, 1.82) is 0 Å². The highest BCUT2D eigenvalue weighted by Crippen LogP contribution is 2.13. The molecule has 16 heavy (non-hydrogen) atoms. The fourth-order valence-corrected chi connectivity index (χ4v) is 1.77. The number of hydrogen-bond acceptors (Lipinski definition) is 4. The van der Waals surface area contributed by atoms with E-state index in [1.54, 1.807) is 6.92 Å². The van der Waals surface area contributed by atoms with Crippen molar-refractivity contribution in [2.24, 2.45) is 5.92 Å². The predicted molar refractivity (Wildman–Crippen MR) is 59.3 cm³/mol. The highest BCUT2D eigenvalue weighted by Gasteiger charge is 2.21. The Morgan fingerprint density at radius 1 is 1.62 bits per heavy atom. The fourth-order valence-electron chi connectivity index (χ4n) is 1.77. The Morgan fingerprint density at radius 3 is 2.94 bits per heavy atom. The van der Waals surface area contributed by atoms with Gasteiger partial charge in [-0.25, -0.2) is 0 Å². The molecule has 2 N–H and O–H groups in total. The lowest BCUT2D eigenvalue weighted by Gasteiger charge is -2.27. The second-order valence-electron chi connectivity index (χ2n) is 4.15. The molecule has 2 rings (SSSR count). The number of aryl methyl sites for hydroxylation is 2. The van der Waals surface area contributed by atoms with Crippen molar-refractivity contribution in [3.05, 3.63) is 17.0 Å². The summed E-state index contributed by atoms with van der Waals surface area (Å²) in [5.74, 6) is 1.10. The monoisotopic (exact) mass is 223 g/mol. The average molecular weight is 223 g/mol. The third kappa shape index (κ3) is 2.09. The smallest absolute Gasteiger partial charge is 0.256 e. The zero-order valence-electron chi connectivity index (χ0n) is 9.67. The zero-order chi connectivity index (χ0) is 11.5. The number of rotatable bonds is 4. The van der Waals surface area contributed by atoms with Gasteiger partial charge in [-0.15, -0.1) is 0 Å². The lowest BCUT2D eigenvalue weighted by atomic mass is 10.0. The van der Waals surface area contributed by atoms with Gasteiger partial charge in [-0.3, -0.25) is 4.79 Å². The van der Waals surface area contributed by atoms with Crippen molar-refractivity contribution in [2.75, 3.05) is 19.6 Å². The van der Waals surface area contributed by atoms with Crippen LogP contribution in [0, 0.1) is 12.8 Å². The Morgan fingerprint density at radius 2 is 2.38 bits per heavy atom. The fraction of sp³-hybridized carbons (Fsp3) is 0.636. The summed E-state index contributed by atoms with van der Waals surface area (Å²) < 4.78 is 5.03. The van der Waals surface area contributed by atoms with Gasteiger partial charge < -0.3 is 15.2 Å². The van der Waals surface area contributed by atoms with Crippen molar-refractivity contribution < 1.29 is 9.32 Å². The molecule has 0 unspecified atom stereocenters. The van der Waals surface area contributed by atoms with Crippen LogP contribution in [0.5, 0.6) is 0 Å². The van der Waals surface area contributed by atoms with Gasteiger partial charge in [-0.05, 0) is 13.3 Å². The number of aromatic nitrogens is 1. The molecule has 0 spiro atoms. The van der Waals surface area contributed by atoms with E-state index in [0.29, 0.717) is 23.7 Å². The van der Waals surface area contributed by atoms with Crippen LogP contribution < -0.4 is 10.6 Å². The lowest BCUT2D eigenvalue weighted by molar-refractivity contribution is 0.0940. The minimum absolute atomic E-state index is 0.0671. The van der Waals surface area contributed by atoms with Crippen LogP contribution in [0.2, 0.25) is 0 Å². The molecule has 1 aliphatic rings. The van der Waals surface area contributed by atoms with Crippen LogP contribution in [-0.2, 0) is 6.42 Å². The van der Waals surface area contributed by atoms with E-state index in [0.717, 1.165) is 25.3 Å². The first-order valence-electron chi connectivity index (χ1n) is 5.66. The van der Waals surface area contributed by atoms with Gasteiger partial charge >= 0.3 is 0 Å². The van der Waals surface area contributed by atoms with Crippen LogP contribution in [0.25, 0.3) is 0 Å². The largest absolute Gasteiger partial charge is 0.361 e. The zero-order valence-corrected chi connectivity index (χ0v) is 9.67. The summed E-state index contributed by atoms with van der Waals surface area (Å²) in [4.78, 5) is 11.9. The standard InChI is InChI=1S/C11H17N3O2/c1-3-9-10(7(2)16-14-9)11(15)13-6-8-4-12-5-8/h8,12H,3-6H2,1-2H3,(H,13,15). The number of nitrogens with one attached hydrogen (secondary N) is 2. The molecule has 0 aliphatic carbocycles. The maximum Gasteiger partial charge on any atom is 0.256 e. The molecule has 0 bridgehead atoms. The Hall–Kier alpha value is -1.36. The number of carbonyl (C=O) groups excluding carboxylic acids is 1. The molecule has 5 heteroatoms. The molecule has 1 aromatic heterocycles. The van der Waals surface area contributed by atoms with Gasteiger partial charge in [0.25, 0.3) is 5.91 Å². The summed E-state index contributed by atoms with van der Waals surface area (Å²) in [6, 6.07) is 0. The van der Waals surface area contributed by atoms with Gasteiger partial charge in [0, 0.05) is 25.6 Å². The quantitative estimate of drug-likeness (QED) is 0.779. The molecule has 88 valence electrons. The van der Waals surface area contributed by atoms with Crippen LogP contribution in [0.4, 0.5) is 0 Å². The highest BCUT2D eigenvalue weighted by atomic mass is 16.5. The van der Waals surface area contributed by atoms with Crippen molar-refractivity contribution in [3.63, 3.8) is 0 Å². The Balaban J connectivity index is 1.98. The van der Waals surface area contributed by atoms with E-state index in [1.165, 1.54) is 0 Å². The maximum atomic E-state index is 11.9. The second-order valence-corrected chi connectivity index (χ2v) is 4.15. The molecule has 0 atom stereocenters. The average Bonchev–Trinajstić information content (AvgIpc) is 2.57. The topological polar surface area (TPSA) is 67.2 Å². The van der Waals surface area contributed by atoms with Gasteiger partial charge in [0.2, 0.25) is 0 Å². The molecule has 2 heterocycles. The lowest BCUT2D eigenvalue weighted by Crippen LogP contribution is -2.48. The summed E-state index contributed by atoms with van der Waals surface area (Å²) in [7, 11) is 0. The summed E-state index contributed by atoms with van der Waals surface area (Å²) in [5.41, 5.74) is 1.34. The van der Waals surface area contributed by atoms with E-state index < -0.39 is 0 Å². The van der Waals surface area contributed by atoms with E-state index in [2.05, 4.69) is 15.8 Å². The van der Waals surface area contributed by atoms with Crippen LogP contribution in [0.1, 0.15) is 28.7 Å². The van der Waals surface area contributed by atoms with Crippen molar-refractivity contribution in [2.45, 2.75) is 20.3 Å². The molecule has 1 aromatic rings. The molecule has 1 saturated heterocycles. The summed E-state index contributed by atoms with van der Waals surface area (Å²) in [6.45, 7) is 6.43. The maximum absolute atomic E-state index is 11.9. The molecule has 1 aliphatic heterocycles. The molecule has 0 saturated carbocycles. The second kappa shape index (κ2) is 4.65. The number of carbonyl (C=O) groups is 1. The third-order valence-electron chi connectivity index (χ3n) is 2.91. The normalized spacial score (nSPS) is 15.9. The van der Waals surface area contributed by atoms with Gasteiger partial charge in [0.05, 0.1) is 5.69 Å². The van der Waals surface area contributed by atoms with Crippen LogP contribution >= 0.6 is 0 Å². The summed E-state index contributed by atoms with van der Waals surface area (Å²) in [5, 5.41) is 9.96. The Labute approximate surface area is 94.6 Å². The molecule has 1 amide bonds. The van der Waals surface area contributed by atoms with Crippen LogP contribution in [0.3, 0.4) is 0 Å². The Bertz CT molecular complexity index is 383. The van der Waals surface area contributed by atoms with Gasteiger partial charge in [0.1, 0.15) is 11.3 Å². The first kappa shape index (κ1) is 11.1. The van der Waals surface area contributed by atoms with Gasteiger partial charge in [-0.1, -0.05) is 12.1 Å². The van der Waals surface area contributed by atoms with Crippen molar-refractivity contribution in [1.82, 2.24) is 15.8 Å². The molecule has 0 radical (unpaired) electrons. The first-order valence-corrected chi connectivity index (χ1v) is 5.66. The predicted octanol–water partition coefficient (Wildman–Crippen LogP) is 0.495. The third-order valence-corrected chi connectivity index (χ3v) is 2.91. The summed E-state index contributed by atoms with van der Waals surface area (Å²) in [6.07, 6.45) is 0.713. The molecule has 1 fully saturated rings. The van der Waals surface area contributed by atoms with Crippen LogP contribution in [0.15, 0.2) is 4.52 Å². The van der Waals surface area contributed by atoms with Crippen molar-refractivity contribution in [3.8, 4) is 0 Å². The number of amides is 1. The van der Waals surface area contributed by atoms with Crippen LogP contribution in [-0.4, -0.2) is 30.7 Å². The highest BCUT2D eigenvalue weighted by molar-refractivity contribution is 5.96. The molecular weight excluding hydrogens is 206 g/mol. The molecular formula is C11H17N3O2. The first-order chi connectivity index (χ1) is 7.72. The van der Waals surface area contributed by atoms with Crippen molar-refractivity contribution >= 4 is 5.91 Å². The van der Waals surface area contributed by atoms with E-state index >= 15 is 0 Å². The van der Waals surface area contributed by atoms with E-state index in [1.807, 2.05) is 6.92 Å². The minimum atomic E-state index is -0.0671. The minimum Gasteiger partial charge on any atom is -0.361 e. The SMILES string of the molecule is CCc1noc(C)c1C(=O)NCC1CNC1. The van der Waals surface area contributed by atoms with E-state index in [-0.39, 0.29) is 5.91 Å². The Kier molecular flexibility index (Phi) is 3.24. The molecule has 0 aromatic carbocycles. The van der Waals surface area contributed by atoms with E-state index in [9.17, 15) is 4.79 Å².